The molecule has 0 fully saturated rings. The molecule has 22 heavy (non-hydrogen) atoms. The van der Waals surface area contributed by atoms with Crippen molar-refractivity contribution >= 4 is 33.7 Å². The summed E-state index contributed by atoms with van der Waals surface area (Å²) in [6.45, 7) is 3.62. The van der Waals surface area contributed by atoms with Crippen LogP contribution < -0.4 is 11.1 Å². The number of rotatable bonds is 7. The SMILES string of the molecule is CCOC(=O)C[C@@H](C)[C@H](NC(=O)c1cccc(Br)c1)C(N)=O. The highest BCUT2D eigenvalue weighted by Crippen LogP contribution is 2.14. The molecule has 1 rings (SSSR count). The molecule has 1 aromatic rings. The van der Waals surface area contributed by atoms with Crippen LogP contribution in [0.3, 0.4) is 0 Å². The van der Waals surface area contributed by atoms with Gasteiger partial charge < -0.3 is 15.8 Å². The third-order valence-electron chi connectivity index (χ3n) is 3.04. The first-order valence-electron chi connectivity index (χ1n) is 6.86. The minimum absolute atomic E-state index is 0.000209. The number of esters is 1. The van der Waals surface area contributed by atoms with E-state index in [4.69, 9.17) is 10.5 Å². The van der Waals surface area contributed by atoms with E-state index in [1.54, 1.807) is 38.1 Å². The zero-order valence-electron chi connectivity index (χ0n) is 12.5. The highest BCUT2D eigenvalue weighted by atomic mass is 79.9. The molecule has 0 aliphatic carbocycles. The number of halogens is 1. The van der Waals surface area contributed by atoms with Gasteiger partial charge in [0, 0.05) is 10.0 Å². The predicted octanol–water partition coefficient (Wildman–Crippen LogP) is 1.62. The highest BCUT2D eigenvalue weighted by molar-refractivity contribution is 9.10. The number of nitrogens with one attached hydrogen (secondary N) is 1. The molecule has 0 heterocycles. The zero-order valence-corrected chi connectivity index (χ0v) is 14.1. The second kappa shape index (κ2) is 8.53. The van der Waals surface area contributed by atoms with E-state index in [1.165, 1.54) is 0 Å². The Bertz CT molecular complexity index is 562. The van der Waals surface area contributed by atoms with Gasteiger partial charge in [-0.3, -0.25) is 14.4 Å². The fraction of sp³-hybridized carbons (Fsp3) is 0.400. The summed E-state index contributed by atoms with van der Waals surface area (Å²) in [4.78, 5) is 35.2. The van der Waals surface area contributed by atoms with Gasteiger partial charge in [0.2, 0.25) is 5.91 Å². The van der Waals surface area contributed by atoms with Crippen LogP contribution in [0.2, 0.25) is 0 Å². The van der Waals surface area contributed by atoms with Crippen LogP contribution in [0.4, 0.5) is 0 Å². The maximum absolute atomic E-state index is 12.2. The summed E-state index contributed by atoms with van der Waals surface area (Å²) in [5, 5.41) is 2.57. The third-order valence-corrected chi connectivity index (χ3v) is 3.54. The van der Waals surface area contributed by atoms with Gasteiger partial charge >= 0.3 is 5.97 Å². The zero-order chi connectivity index (χ0) is 16.7. The summed E-state index contributed by atoms with van der Waals surface area (Å²) in [6.07, 6.45) is 0.000209. The number of amides is 2. The van der Waals surface area contributed by atoms with Crippen molar-refractivity contribution in [1.82, 2.24) is 5.32 Å². The fourth-order valence-corrected chi connectivity index (χ4v) is 2.35. The molecule has 7 heteroatoms. The van der Waals surface area contributed by atoms with Crippen molar-refractivity contribution in [2.45, 2.75) is 26.3 Å². The van der Waals surface area contributed by atoms with Crippen molar-refractivity contribution in [3.05, 3.63) is 34.3 Å². The Balaban J connectivity index is 2.77. The van der Waals surface area contributed by atoms with Crippen molar-refractivity contribution in [1.29, 1.82) is 0 Å². The Morgan fingerprint density at radius 1 is 1.36 bits per heavy atom. The molecular formula is C15H19BrN2O4. The topological polar surface area (TPSA) is 98.5 Å². The molecule has 1 aromatic carbocycles. The lowest BCUT2D eigenvalue weighted by atomic mass is 9.97. The lowest BCUT2D eigenvalue weighted by molar-refractivity contribution is -0.144. The van der Waals surface area contributed by atoms with Gasteiger partial charge in [-0.05, 0) is 31.0 Å². The van der Waals surface area contributed by atoms with Crippen LogP contribution >= 0.6 is 15.9 Å². The Labute approximate surface area is 137 Å². The molecule has 0 saturated carbocycles. The molecule has 0 aliphatic heterocycles. The molecule has 6 nitrogen and oxygen atoms in total. The van der Waals surface area contributed by atoms with Crippen molar-refractivity contribution in [2.24, 2.45) is 11.7 Å². The lowest BCUT2D eigenvalue weighted by Crippen LogP contribution is -2.49. The summed E-state index contributed by atoms with van der Waals surface area (Å²) in [5.74, 6) is -2.02. The molecule has 0 radical (unpaired) electrons. The summed E-state index contributed by atoms with van der Waals surface area (Å²) < 4.78 is 5.58. The van der Waals surface area contributed by atoms with E-state index in [-0.39, 0.29) is 13.0 Å². The second-order valence-corrected chi connectivity index (χ2v) is 5.77. The number of benzene rings is 1. The molecule has 0 aromatic heterocycles. The maximum atomic E-state index is 12.2. The molecule has 2 amide bonds. The van der Waals surface area contributed by atoms with Crippen molar-refractivity contribution < 1.29 is 19.1 Å². The Morgan fingerprint density at radius 3 is 2.59 bits per heavy atom. The van der Waals surface area contributed by atoms with Gasteiger partial charge in [-0.25, -0.2) is 0 Å². The van der Waals surface area contributed by atoms with Gasteiger partial charge in [-0.2, -0.15) is 0 Å². The van der Waals surface area contributed by atoms with Gasteiger partial charge in [0.1, 0.15) is 6.04 Å². The van der Waals surface area contributed by atoms with Crippen LogP contribution in [0.1, 0.15) is 30.6 Å². The molecular weight excluding hydrogens is 352 g/mol. The molecule has 0 bridgehead atoms. The smallest absolute Gasteiger partial charge is 0.306 e. The fourth-order valence-electron chi connectivity index (χ4n) is 1.95. The standard InChI is InChI=1S/C15H19BrN2O4/c1-3-22-12(19)7-9(2)13(14(17)20)18-15(21)10-5-4-6-11(16)8-10/h4-6,8-9,13H,3,7H2,1-2H3,(H2,17,20)(H,18,21)/t9-,13+/m1/s1. The average Bonchev–Trinajstić information content (AvgIpc) is 2.44. The van der Waals surface area contributed by atoms with Crippen LogP contribution in [0, 0.1) is 5.92 Å². The summed E-state index contributed by atoms with van der Waals surface area (Å²) in [7, 11) is 0. The second-order valence-electron chi connectivity index (χ2n) is 4.85. The average molecular weight is 371 g/mol. The van der Waals surface area contributed by atoms with E-state index in [9.17, 15) is 14.4 Å². The number of nitrogens with two attached hydrogens (primary N) is 1. The van der Waals surface area contributed by atoms with Crippen LogP contribution in [0.25, 0.3) is 0 Å². The van der Waals surface area contributed by atoms with Crippen molar-refractivity contribution in [2.75, 3.05) is 6.61 Å². The largest absolute Gasteiger partial charge is 0.466 e. The summed E-state index contributed by atoms with van der Waals surface area (Å²) >= 11 is 3.27. The van der Waals surface area contributed by atoms with Crippen LogP contribution in [0.15, 0.2) is 28.7 Å². The first-order chi connectivity index (χ1) is 10.3. The Morgan fingerprint density at radius 2 is 2.05 bits per heavy atom. The van der Waals surface area contributed by atoms with E-state index in [2.05, 4.69) is 21.2 Å². The Hall–Kier alpha value is -1.89. The van der Waals surface area contributed by atoms with Gasteiger partial charge in [0.15, 0.2) is 0 Å². The van der Waals surface area contributed by atoms with Gasteiger partial charge in [0.05, 0.1) is 13.0 Å². The van der Waals surface area contributed by atoms with Gasteiger partial charge in [-0.1, -0.05) is 28.9 Å². The van der Waals surface area contributed by atoms with E-state index >= 15 is 0 Å². The Kier molecular flexibility index (Phi) is 7.04. The van der Waals surface area contributed by atoms with Crippen LogP contribution in [-0.4, -0.2) is 30.4 Å². The van der Waals surface area contributed by atoms with Crippen LogP contribution in [0.5, 0.6) is 0 Å². The number of carbonyl (C=O) groups is 3. The summed E-state index contributed by atoms with van der Waals surface area (Å²) in [5.41, 5.74) is 5.72. The van der Waals surface area contributed by atoms with E-state index in [0.29, 0.717) is 5.56 Å². The van der Waals surface area contributed by atoms with E-state index in [1.807, 2.05) is 0 Å². The molecule has 0 unspecified atom stereocenters. The molecule has 0 saturated heterocycles. The van der Waals surface area contributed by atoms with E-state index in [0.717, 1.165) is 4.47 Å². The molecule has 120 valence electrons. The number of carbonyl (C=O) groups excluding carboxylic acids is 3. The number of hydrogen-bond donors (Lipinski definition) is 2. The van der Waals surface area contributed by atoms with Crippen molar-refractivity contribution in [3.63, 3.8) is 0 Å². The van der Waals surface area contributed by atoms with Crippen LogP contribution in [-0.2, 0) is 14.3 Å². The molecule has 0 aliphatic rings. The van der Waals surface area contributed by atoms with Crippen molar-refractivity contribution in [3.8, 4) is 0 Å². The monoisotopic (exact) mass is 370 g/mol. The minimum atomic E-state index is -0.948. The quantitative estimate of drug-likeness (QED) is 0.712. The molecule has 3 N–H and O–H groups in total. The predicted molar refractivity (Wildman–Crippen MR) is 85.0 cm³/mol. The summed E-state index contributed by atoms with van der Waals surface area (Å²) in [6, 6.07) is 5.79. The first-order valence-corrected chi connectivity index (χ1v) is 7.65. The third kappa shape index (κ3) is 5.48. The van der Waals surface area contributed by atoms with Gasteiger partial charge in [-0.15, -0.1) is 0 Å². The van der Waals surface area contributed by atoms with Gasteiger partial charge in [0.25, 0.3) is 5.91 Å². The highest BCUT2D eigenvalue weighted by Gasteiger charge is 2.27. The normalized spacial score (nSPS) is 13.0. The lowest BCUT2D eigenvalue weighted by Gasteiger charge is -2.21. The number of primary amides is 1. The number of ether oxygens (including phenoxy) is 1. The number of hydrogen-bond acceptors (Lipinski definition) is 4. The first kappa shape index (κ1) is 18.2. The maximum Gasteiger partial charge on any atom is 0.306 e. The minimum Gasteiger partial charge on any atom is -0.466 e. The molecule has 2 atom stereocenters. The van der Waals surface area contributed by atoms with E-state index < -0.39 is 29.7 Å². The molecule has 0 spiro atoms.